The number of fused-ring (bicyclic) bond motifs is 1. The first kappa shape index (κ1) is 10.6. The predicted octanol–water partition coefficient (Wildman–Crippen LogP) is 3.18. The molecule has 0 saturated heterocycles. The zero-order valence-electron chi connectivity index (χ0n) is 9.79. The summed E-state index contributed by atoms with van der Waals surface area (Å²) in [7, 11) is 1.75. The Bertz CT molecular complexity index is 376. The van der Waals surface area contributed by atoms with Crippen LogP contribution in [0.1, 0.15) is 37.0 Å². The van der Waals surface area contributed by atoms with Gasteiger partial charge in [-0.15, -0.1) is 11.3 Å². The second-order valence-electron chi connectivity index (χ2n) is 5.07. The molecule has 3 rings (SSSR count). The molecule has 0 aliphatic heterocycles. The first-order chi connectivity index (χ1) is 7.84. The highest BCUT2D eigenvalue weighted by atomic mass is 32.1. The van der Waals surface area contributed by atoms with Gasteiger partial charge in [-0.1, -0.05) is 12.8 Å². The van der Waals surface area contributed by atoms with Gasteiger partial charge in [-0.25, -0.2) is 0 Å². The lowest BCUT2D eigenvalue weighted by Gasteiger charge is -2.23. The van der Waals surface area contributed by atoms with Crippen LogP contribution in [0.2, 0.25) is 0 Å². The molecule has 0 spiro atoms. The summed E-state index contributed by atoms with van der Waals surface area (Å²) in [5, 5.41) is 5.89. The van der Waals surface area contributed by atoms with E-state index in [0.717, 1.165) is 18.2 Å². The average Bonchev–Trinajstić information content (AvgIpc) is 2.87. The van der Waals surface area contributed by atoms with Gasteiger partial charge in [0.05, 0.1) is 12.0 Å². The summed E-state index contributed by atoms with van der Waals surface area (Å²) in [4.78, 5) is 1.34. The minimum atomic E-state index is 0.507. The van der Waals surface area contributed by atoms with Crippen LogP contribution in [0.15, 0.2) is 11.4 Å². The van der Waals surface area contributed by atoms with E-state index in [1.54, 1.807) is 18.4 Å². The van der Waals surface area contributed by atoms with Gasteiger partial charge in [0.25, 0.3) is 0 Å². The zero-order valence-corrected chi connectivity index (χ0v) is 10.6. The minimum Gasteiger partial charge on any atom is -0.496 e. The number of hydrogen-bond acceptors (Lipinski definition) is 3. The van der Waals surface area contributed by atoms with Crippen molar-refractivity contribution in [1.29, 1.82) is 0 Å². The van der Waals surface area contributed by atoms with Crippen LogP contribution >= 0.6 is 11.3 Å². The van der Waals surface area contributed by atoms with Crippen LogP contribution in [-0.2, 0) is 6.54 Å². The van der Waals surface area contributed by atoms with E-state index in [4.69, 9.17) is 4.74 Å². The highest BCUT2D eigenvalue weighted by Crippen LogP contribution is 2.53. The van der Waals surface area contributed by atoms with Crippen LogP contribution in [0, 0.1) is 5.92 Å². The topological polar surface area (TPSA) is 21.3 Å². The standard InChI is InChI=1S/C13H19NOS/c1-15-11-5-7-16-12(11)9-14-13-6-3-2-4-10(13)8-13/h5,7,10,14H,2-4,6,8-9H2,1H3. The van der Waals surface area contributed by atoms with Gasteiger partial charge in [0.1, 0.15) is 5.75 Å². The van der Waals surface area contributed by atoms with Gasteiger partial charge in [0.15, 0.2) is 0 Å². The van der Waals surface area contributed by atoms with Gasteiger partial charge in [-0.2, -0.15) is 0 Å². The fourth-order valence-electron chi connectivity index (χ4n) is 3.10. The first-order valence-electron chi connectivity index (χ1n) is 6.19. The van der Waals surface area contributed by atoms with Gasteiger partial charge in [0.2, 0.25) is 0 Å². The van der Waals surface area contributed by atoms with Gasteiger partial charge in [-0.3, -0.25) is 0 Å². The Morgan fingerprint density at radius 1 is 1.56 bits per heavy atom. The lowest BCUT2D eigenvalue weighted by molar-refractivity contribution is 0.352. The molecule has 0 amide bonds. The summed E-state index contributed by atoms with van der Waals surface area (Å²) in [5.41, 5.74) is 0.507. The molecule has 2 fully saturated rings. The maximum absolute atomic E-state index is 5.34. The van der Waals surface area contributed by atoms with Gasteiger partial charge >= 0.3 is 0 Å². The Morgan fingerprint density at radius 2 is 2.50 bits per heavy atom. The maximum Gasteiger partial charge on any atom is 0.134 e. The Labute approximate surface area is 101 Å². The molecular formula is C13H19NOS. The third-order valence-electron chi connectivity index (χ3n) is 4.18. The highest BCUT2D eigenvalue weighted by molar-refractivity contribution is 7.10. The Kier molecular flexibility index (Phi) is 2.68. The van der Waals surface area contributed by atoms with Crippen LogP contribution in [-0.4, -0.2) is 12.6 Å². The summed E-state index contributed by atoms with van der Waals surface area (Å²) in [6.45, 7) is 0.983. The van der Waals surface area contributed by atoms with Crippen LogP contribution in [0.3, 0.4) is 0 Å². The van der Waals surface area contributed by atoms with E-state index in [2.05, 4.69) is 16.8 Å². The molecule has 0 radical (unpaired) electrons. The van der Waals surface area contributed by atoms with Crippen LogP contribution in [0.25, 0.3) is 0 Å². The largest absolute Gasteiger partial charge is 0.496 e. The molecule has 0 bridgehead atoms. The zero-order chi connectivity index (χ0) is 11.0. The molecule has 1 N–H and O–H groups in total. The molecule has 3 heteroatoms. The van der Waals surface area contributed by atoms with Crippen molar-refractivity contribution >= 4 is 11.3 Å². The van der Waals surface area contributed by atoms with Crippen molar-refractivity contribution in [2.75, 3.05) is 7.11 Å². The van der Waals surface area contributed by atoms with Crippen LogP contribution < -0.4 is 10.1 Å². The van der Waals surface area contributed by atoms with Crippen LogP contribution in [0.4, 0.5) is 0 Å². The molecule has 2 saturated carbocycles. The van der Waals surface area contributed by atoms with Crippen molar-refractivity contribution in [3.05, 3.63) is 16.3 Å². The van der Waals surface area contributed by atoms with E-state index in [0.29, 0.717) is 5.54 Å². The molecule has 1 aromatic heterocycles. The number of ether oxygens (including phenoxy) is 1. The second kappa shape index (κ2) is 4.04. The van der Waals surface area contributed by atoms with E-state index >= 15 is 0 Å². The van der Waals surface area contributed by atoms with E-state index in [9.17, 15) is 0 Å². The van der Waals surface area contributed by atoms with E-state index in [1.807, 2.05) is 0 Å². The lowest BCUT2D eigenvalue weighted by atomic mass is 9.95. The van der Waals surface area contributed by atoms with E-state index in [1.165, 1.54) is 37.0 Å². The maximum atomic E-state index is 5.34. The number of hydrogen-bond donors (Lipinski definition) is 1. The average molecular weight is 237 g/mol. The molecular weight excluding hydrogens is 218 g/mol. The third kappa shape index (κ3) is 1.76. The van der Waals surface area contributed by atoms with Gasteiger partial charge in [-0.05, 0) is 36.6 Å². The molecule has 2 atom stereocenters. The summed E-state index contributed by atoms with van der Waals surface area (Å²) in [6.07, 6.45) is 7.07. The Balaban J connectivity index is 1.61. The van der Waals surface area contributed by atoms with Crippen molar-refractivity contribution < 1.29 is 4.74 Å². The van der Waals surface area contributed by atoms with Gasteiger partial charge in [0, 0.05) is 12.1 Å². The minimum absolute atomic E-state index is 0.507. The van der Waals surface area contributed by atoms with Crippen LogP contribution in [0.5, 0.6) is 5.75 Å². The molecule has 1 heterocycles. The fraction of sp³-hybridized carbons (Fsp3) is 0.692. The predicted molar refractivity (Wildman–Crippen MR) is 67.0 cm³/mol. The summed E-state index contributed by atoms with van der Waals surface area (Å²) >= 11 is 1.79. The SMILES string of the molecule is COc1ccsc1CNC12CCCCC1C2. The molecule has 1 aromatic rings. The summed E-state index contributed by atoms with van der Waals surface area (Å²) in [5.74, 6) is 2.01. The lowest BCUT2D eigenvalue weighted by Crippen LogP contribution is -2.34. The van der Waals surface area contributed by atoms with E-state index in [-0.39, 0.29) is 0 Å². The monoisotopic (exact) mass is 237 g/mol. The van der Waals surface area contributed by atoms with Crippen molar-refractivity contribution in [2.24, 2.45) is 5.92 Å². The molecule has 0 aromatic carbocycles. The third-order valence-corrected chi connectivity index (χ3v) is 5.09. The smallest absolute Gasteiger partial charge is 0.134 e. The van der Waals surface area contributed by atoms with Gasteiger partial charge < -0.3 is 10.1 Å². The number of methoxy groups -OCH3 is 1. The number of rotatable bonds is 4. The molecule has 88 valence electrons. The summed E-state index contributed by atoms with van der Waals surface area (Å²) < 4.78 is 5.34. The van der Waals surface area contributed by atoms with Crippen molar-refractivity contribution in [3.63, 3.8) is 0 Å². The Hall–Kier alpha value is -0.540. The van der Waals surface area contributed by atoms with E-state index < -0.39 is 0 Å². The highest BCUT2D eigenvalue weighted by Gasteiger charge is 2.54. The summed E-state index contributed by atoms with van der Waals surface area (Å²) in [6, 6.07) is 2.06. The quantitative estimate of drug-likeness (QED) is 0.868. The second-order valence-corrected chi connectivity index (χ2v) is 6.07. The normalized spacial score (nSPS) is 32.2. The first-order valence-corrected chi connectivity index (χ1v) is 7.07. The number of nitrogens with one attached hydrogen (secondary N) is 1. The van der Waals surface area contributed by atoms with Crippen molar-refractivity contribution in [3.8, 4) is 5.75 Å². The fourth-order valence-corrected chi connectivity index (χ4v) is 3.88. The molecule has 2 unspecified atom stereocenters. The van der Waals surface area contributed by atoms with Crippen molar-refractivity contribution in [2.45, 2.75) is 44.2 Å². The molecule has 16 heavy (non-hydrogen) atoms. The molecule has 2 aliphatic rings. The van der Waals surface area contributed by atoms with Crippen molar-refractivity contribution in [1.82, 2.24) is 5.32 Å². The Morgan fingerprint density at radius 3 is 3.31 bits per heavy atom. The molecule has 2 aliphatic carbocycles. The molecule has 2 nitrogen and oxygen atoms in total. The number of thiophene rings is 1.